The van der Waals surface area contributed by atoms with Crippen molar-refractivity contribution < 1.29 is 27.4 Å². The number of nitrogens with zero attached hydrogens (tertiary/aromatic N) is 1. The number of carbonyl (C=O) groups is 1. The van der Waals surface area contributed by atoms with E-state index >= 15 is 0 Å². The molecular formula is C24H29FN2O5S. The summed E-state index contributed by atoms with van der Waals surface area (Å²) < 4.78 is 43.0. The number of benzene rings is 2. The van der Waals surface area contributed by atoms with Crippen LogP contribution in [0.3, 0.4) is 0 Å². The fourth-order valence-corrected chi connectivity index (χ4v) is 4.52. The zero-order valence-electron chi connectivity index (χ0n) is 18.7. The summed E-state index contributed by atoms with van der Waals surface area (Å²) in [5.41, 5.74) is 7.47. The molecular weight excluding hydrogens is 447 g/mol. The number of esters is 1. The summed E-state index contributed by atoms with van der Waals surface area (Å²) in [6.45, 7) is 2.01. The summed E-state index contributed by atoms with van der Waals surface area (Å²) in [5.74, 6) is -1.30. The van der Waals surface area contributed by atoms with Crippen LogP contribution in [0.2, 0.25) is 0 Å². The van der Waals surface area contributed by atoms with E-state index in [1.807, 2.05) is 6.08 Å². The number of ether oxygens (including phenoxy) is 1. The highest BCUT2D eigenvalue weighted by molar-refractivity contribution is 7.90. The molecule has 0 aromatic heterocycles. The molecule has 0 unspecified atom stereocenters. The van der Waals surface area contributed by atoms with Crippen molar-refractivity contribution in [3.8, 4) is 0 Å². The third-order valence-corrected chi connectivity index (χ3v) is 6.81. The predicted octanol–water partition coefficient (Wildman–Crippen LogP) is 3.09. The monoisotopic (exact) mass is 476 g/mol. The van der Waals surface area contributed by atoms with Gasteiger partial charge in [0.25, 0.3) is 0 Å². The smallest absolute Gasteiger partial charge is 0.306 e. The van der Waals surface area contributed by atoms with Gasteiger partial charge < -0.3 is 20.5 Å². The van der Waals surface area contributed by atoms with E-state index in [9.17, 15) is 17.6 Å². The van der Waals surface area contributed by atoms with E-state index in [0.717, 1.165) is 6.26 Å². The molecule has 1 aliphatic rings. The first-order chi connectivity index (χ1) is 15.5. The van der Waals surface area contributed by atoms with Gasteiger partial charge in [-0.25, -0.2) is 12.8 Å². The van der Waals surface area contributed by atoms with Crippen molar-refractivity contribution in [1.82, 2.24) is 0 Å². The number of anilines is 1. The Labute approximate surface area is 193 Å². The molecule has 178 valence electrons. The Hall–Kier alpha value is -2.75. The Kier molecular flexibility index (Phi) is 7.56. The summed E-state index contributed by atoms with van der Waals surface area (Å²) in [5, 5.41) is 8.86. The van der Waals surface area contributed by atoms with E-state index in [1.54, 1.807) is 36.1 Å². The van der Waals surface area contributed by atoms with Crippen LogP contribution in [0.4, 0.5) is 10.1 Å². The molecule has 2 aromatic carbocycles. The molecule has 3 rings (SSSR count). The van der Waals surface area contributed by atoms with E-state index in [1.165, 1.54) is 24.3 Å². The molecule has 0 saturated carbocycles. The maximum absolute atomic E-state index is 14.0. The lowest BCUT2D eigenvalue weighted by molar-refractivity contribution is -0.145. The zero-order valence-corrected chi connectivity index (χ0v) is 19.5. The van der Waals surface area contributed by atoms with Crippen LogP contribution in [-0.2, 0) is 19.4 Å². The van der Waals surface area contributed by atoms with Crippen molar-refractivity contribution in [2.75, 3.05) is 24.4 Å². The molecule has 0 saturated heterocycles. The first-order valence-electron chi connectivity index (χ1n) is 10.7. The number of hydrogen-bond donors (Lipinski definition) is 2. The lowest BCUT2D eigenvalue weighted by Crippen LogP contribution is -2.54. The lowest BCUT2D eigenvalue weighted by atomic mass is 9.93. The molecule has 0 amide bonds. The fraction of sp³-hybridized carbons (Fsp3) is 0.375. The van der Waals surface area contributed by atoms with E-state index < -0.39 is 33.2 Å². The van der Waals surface area contributed by atoms with Gasteiger partial charge in [-0.3, -0.25) is 4.79 Å². The minimum absolute atomic E-state index is 0.0167. The molecule has 33 heavy (non-hydrogen) atoms. The highest BCUT2D eigenvalue weighted by atomic mass is 32.2. The molecule has 2 aromatic rings. The van der Waals surface area contributed by atoms with E-state index in [-0.39, 0.29) is 24.5 Å². The third-order valence-electron chi connectivity index (χ3n) is 5.68. The van der Waals surface area contributed by atoms with Gasteiger partial charge in [0, 0.05) is 30.2 Å². The van der Waals surface area contributed by atoms with Gasteiger partial charge in [0.15, 0.2) is 9.84 Å². The normalized spacial score (nSPS) is 20.6. The maximum Gasteiger partial charge on any atom is 0.306 e. The largest absolute Gasteiger partial charge is 0.466 e. The Morgan fingerprint density at radius 1 is 1.21 bits per heavy atom. The second-order valence-corrected chi connectivity index (χ2v) is 10.4. The molecule has 0 bridgehead atoms. The van der Waals surface area contributed by atoms with Gasteiger partial charge in [-0.05, 0) is 55.7 Å². The Morgan fingerprint density at radius 2 is 1.91 bits per heavy atom. The topological polar surface area (TPSA) is 110 Å². The highest BCUT2D eigenvalue weighted by Crippen LogP contribution is 2.43. The second kappa shape index (κ2) is 10.0. The summed E-state index contributed by atoms with van der Waals surface area (Å²) >= 11 is 0. The van der Waals surface area contributed by atoms with E-state index in [4.69, 9.17) is 15.6 Å². The van der Waals surface area contributed by atoms with Crippen LogP contribution in [0.1, 0.15) is 31.7 Å². The molecule has 1 heterocycles. The number of hydrogen-bond acceptors (Lipinski definition) is 7. The van der Waals surface area contributed by atoms with Crippen molar-refractivity contribution in [1.29, 1.82) is 0 Å². The third kappa shape index (κ3) is 5.79. The molecule has 0 radical (unpaired) electrons. The van der Waals surface area contributed by atoms with Crippen LogP contribution in [0, 0.1) is 11.7 Å². The Morgan fingerprint density at radius 3 is 2.52 bits per heavy atom. The molecule has 0 aliphatic carbocycles. The number of carbonyl (C=O) groups excluding carboxylic acids is 1. The van der Waals surface area contributed by atoms with E-state index in [0.29, 0.717) is 29.8 Å². The molecule has 7 nitrogen and oxygen atoms in total. The highest BCUT2D eigenvalue weighted by Gasteiger charge is 2.44. The van der Waals surface area contributed by atoms with Crippen molar-refractivity contribution in [3.05, 3.63) is 66.0 Å². The van der Waals surface area contributed by atoms with Gasteiger partial charge in [0.05, 0.1) is 23.6 Å². The summed E-state index contributed by atoms with van der Waals surface area (Å²) in [7, 11) is -3.36. The molecule has 0 fully saturated rings. The van der Waals surface area contributed by atoms with Crippen molar-refractivity contribution in [3.63, 3.8) is 0 Å². The quantitative estimate of drug-likeness (QED) is 0.423. The van der Waals surface area contributed by atoms with Crippen molar-refractivity contribution in [2.24, 2.45) is 11.7 Å². The molecule has 0 spiro atoms. The molecule has 1 aliphatic heterocycles. The Bertz CT molecular complexity index is 1130. The Balaban J connectivity index is 1.95. The number of nitrogens with two attached hydrogens (primary N) is 1. The van der Waals surface area contributed by atoms with Crippen LogP contribution in [0.15, 0.2) is 59.5 Å². The fourth-order valence-electron chi connectivity index (χ4n) is 3.89. The number of unbranched alkanes of at least 4 members (excludes halogenated alkanes) is 1. The zero-order chi connectivity index (χ0) is 24.2. The average Bonchev–Trinajstić information content (AvgIpc) is 3.01. The van der Waals surface area contributed by atoms with Gasteiger partial charge in [-0.1, -0.05) is 24.3 Å². The first-order valence-corrected chi connectivity index (χ1v) is 12.6. The van der Waals surface area contributed by atoms with Gasteiger partial charge in [-0.15, -0.1) is 0 Å². The van der Waals surface area contributed by atoms with Gasteiger partial charge >= 0.3 is 5.97 Å². The average molecular weight is 477 g/mol. The number of aliphatic hydroxyl groups is 1. The van der Waals surface area contributed by atoms with E-state index in [2.05, 4.69) is 0 Å². The number of halogens is 1. The number of sulfone groups is 1. The van der Waals surface area contributed by atoms with Crippen molar-refractivity contribution in [2.45, 2.75) is 36.7 Å². The van der Waals surface area contributed by atoms with Crippen LogP contribution in [0.5, 0.6) is 0 Å². The number of rotatable bonds is 9. The minimum Gasteiger partial charge on any atom is -0.466 e. The second-order valence-electron chi connectivity index (χ2n) is 8.35. The standard InChI is InChI=1S/C24H29FN2O5S/c1-24(26)18(15-23(29)32-13-4-3-12-28)14-22(27(24)20-7-5-6-19(25)16-20)17-8-10-21(11-9-17)33(2,30)31/h5-11,14,16,18,28H,3-4,12-13,15,26H2,1-2H3/t18-,24-/m1/s1. The predicted molar refractivity (Wildman–Crippen MR) is 124 cm³/mol. The summed E-state index contributed by atoms with van der Waals surface area (Å²) in [6, 6.07) is 12.3. The lowest BCUT2D eigenvalue weighted by Gasteiger charge is -2.39. The minimum atomic E-state index is -3.36. The first kappa shape index (κ1) is 24.9. The number of aliphatic hydroxyl groups excluding tert-OH is 1. The molecule has 3 N–H and O–H groups in total. The van der Waals surface area contributed by atoms with Crippen LogP contribution in [-0.4, -0.2) is 44.6 Å². The van der Waals surface area contributed by atoms with Gasteiger partial charge in [-0.2, -0.15) is 0 Å². The summed E-state index contributed by atoms with van der Waals surface area (Å²) in [6.07, 6.45) is 4.11. The van der Waals surface area contributed by atoms with Gasteiger partial charge in [0.1, 0.15) is 5.82 Å². The van der Waals surface area contributed by atoms with Crippen molar-refractivity contribution >= 4 is 27.2 Å². The maximum atomic E-state index is 14.0. The van der Waals surface area contributed by atoms with Crippen LogP contribution >= 0.6 is 0 Å². The van der Waals surface area contributed by atoms with Crippen LogP contribution < -0.4 is 10.6 Å². The van der Waals surface area contributed by atoms with Crippen LogP contribution in [0.25, 0.3) is 5.70 Å². The summed E-state index contributed by atoms with van der Waals surface area (Å²) in [4.78, 5) is 14.4. The molecule has 2 atom stereocenters. The SMILES string of the molecule is C[C@]1(N)[C@@H](CC(=O)OCCCCO)C=C(c2ccc(S(C)(=O)=O)cc2)N1c1cccc(F)c1. The van der Waals surface area contributed by atoms with Gasteiger partial charge in [0.2, 0.25) is 0 Å². The molecule has 9 heteroatoms.